The van der Waals surface area contributed by atoms with E-state index in [2.05, 4.69) is 33.5 Å². The third-order valence-corrected chi connectivity index (χ3v) is 4.84. The fourth-order valence-electron chi connectivity index (χ4n) is 2.70. The summed E-state index contributed by atoms with van der Waals surface area (Å²) in [6.45, 7) is 1.95. The molecule has 1 heterocycles. The lowest BCUT2D eigenvalue weighted by atomic mass is 10.1. The molecule has 136 valence electrons. The number of aromatic nitrogens is 2. The van der Waals surface area contributed by atoms with Gasteiger partial charge in [-0.15, -0.1) is 0 Å². The maximum absolute atomic E-state index is 8.81. The first-order valence-electron chi connectivity index (χ1n) is 8.58. The average molecular weight is 390 g/mol. The molecule has 3 aromatic rings. The number of hydrogen-bond acceptors (Lipinski definition) is 3. The normalized spacial score (nSPS) is 11.0. The number of hydrogen-bond donors (Lipinski definition) is 3. The van der Waals surface area contributed by atoms with Crippen LogP contribution in [-0.2, 0) is 6.54 Å². The van der Waals surface area contributed by atoms with E-state index in [1.165, 1.54) is 5.56 Å². The summed E-state index contributed by atoms with van der Waals surface area (Å²) in [6.07, 6.45) is 3.63. The third kappa shape index (κ3) is 4.86. The van der Waals surface area contributed by atoms with Crippen molar-refractivity contribution in [3.63, 3.8) is 0 Å². The van der Waals surface area contributed by atoms with Gasteiger partial charge in [-0.1, -0.05) is 41.4 Å². The quantitative estimate of drug-likeness (QED) is 0.479. The van der Waals surface area contributed by atoms with Crippen molar-refractivity contribution in [3.8, 4) is 22.6 Å². The minimum absolute atomic E-state index is 0.248. The Kier molecular flexibility index (Phi) is 6.69. The highest BCUT2D eigenvalue weighted by Crippen LogP contribution is 2.28. The Hall–Kier alpha value is -1.85. The van der Waals surface area contributed by atoms with Gasteiger partial charge in [0.25, 0.3) is 0 Å². The van der Waals surface area contributed by atoms with Crippen LogP contribution in [0.5, 0.6) is 0 Å². The van der Waals surface area contributed by atoms with Gasteiger partial charge >= 0.3 is 0 Å². The molecule has 0 aliphatic heterocycles. The van der Waals surface area contributed by atoms with E-state index >= 15 is 0 Å². The number of H-pyrrole nitrogens is 1. The van der Waals surface area contributed by atoms with Crippen LogP contribution < -0.4 is 5.32 Å². The van der Waals surface area contributed by atoms with E-state index in [0.717, 1.165) is 48.6 Å². The molecule has 6 heteroatoms. The van der Waals surface area contributed by atoms with Crippen molar-refractivity contribution in [2.24, 2.45) is 0 Å². The number of imidazole rings is 1. The molecular formula is C20H21Cl2N3O. The molecule has 0 radical (unpaired) electrons. The Morgan fingerprint density at radius 2 is 1.88 bits per heavy atom. The van der Waals surface area contributed by atoms with Crippen molar-refractivity contribution in [2.45, 2.75) is 19.4 Å². The van der Waals surface area contributed by atoms with Crippen LogP contribution in [0.25, 0.3) is 22.6 Å². The predicted octanol–water partition coefficient (Wildman–Crippen LogP) is 4.91. The number of nitrogens with one attached hydrogen (secondary N) is 2. The van der Waals surface area contributed by atoms with Crippen LogP contribution in [0.15, 0.2) is 48.7 Å². The highest BCUT2D eigenvalue weighted by Gasteiger charge is 2.08. The molecule has 1 aromatic heterocycles. The van der Waals surface area contributed by atoms with Crippen molar-refractivity contribution in [3.05, 3.63) is 64.3 Å². The van der Waals surface area contributed by atoms with Crippen LogP contribution in [-0.4, -0.2) is 28.2 Å². The summed E-state index contributed by atoms with van der Waals surface area (Å²) < 4.78 is 0. The standard InChI is InChI=1S/C20H21Cl2N3O/c21-17-7-6-16(11-18(17)22)20-24-13-19(25-20)15-5-3-4-14(10-15)12-23-8-1-2-9-26/h3-7,10-11,13,23,26H,1-2,8-9,12H2,(H,24,25). The molecule has 26 heavy (non-hydrogen) atoms. The number of aliphatic hydroxyl groups excluding tert-OH is 1. The molecule has 0 saturated heterocycles. The maximum atomic E-state index is 8.81. The lowest BCUT2D eigenvalue weighted by molar-refractivity contribution is 0.283. The number of aliphatic hydroxyl groups is 1. The van der Waals surface area contributed by atoms with Crippen LogP contribution in [0.4, 0.5) is 0 Å². The molecule has 0 atom stereocenters. The Bertz CT molecular complexity index is 864. The highest BCUT2D eigenvalue weighted by atomic mass is 35.5. The molecular weight excluding hydrogens is 369 g/mol. The van der Waals surface area contributed by atoms with E-state index in [1.807, 2.05) is 18.3 Å². The van der Waals surface area contributed by atoms with E-state index in [9.17, 15) is 0 Å². The van der Waals surface area contributed by atoms with Gasteiger partial charge in [-0.3, -0.25) is 0 Å². The lowest BCUT2D eigenvalue weighted by Gasteiger charge is -2.06. The number of nitrogens with zero attached hydrogens (tertiary/aromatic N) is 1. The van der Waals surface area contributed by atoms with Crippen LogP contribution in [0.2, 0.25) is 10.0 Å². The van der Waals surface area contributed by atoms with Crippen molar-refractivity contribution < 1.29 is 5.11 Å². The molecule has 0 fully saturated rings. The van der Waals surface area contributed by atoms with Gasteiger partial charge in [0.05, 0.1) is 21.9 Å². The molecule has 4 nitrogen and oxygen atoms in total. The van der Waals surface area contributed by atoms with Crippen molar-refractivity contribution >= 4 is 23.2 Å². The average Bonchev–Trinajstić information content (AvgIpc) is 3.14. The fraction of sp³-hybridized carbons (Fsp3) is 0.250. The van der Waals surface area contributed by atoms with Crippen LogP contribution in [0.3, 0.4) is 0 Å². The van der Waals surface area contributed by atoms with E-state index in [0.29, 0.717) is 10.0 Å². The molecule has 3 N–H and O–H groups in total. The summed E-state index contributed by atoms with van der Waals surface area (Å²) in [5, 5.41) is 13.2. The molecule has 0 aliphatic rings. The van der Waals surface area contributed by atoms with Crippen LogP contribution >= 0.6 is 23.2 Å². The fourth-order valence-corrected chi connectivity index (χ4v) is 3.00. The van der Waals surface area contributed by atoms with E-state index in [-0.39, 0.29) is 6.61 Å². The zero-order valence-electron chi connectivity index (χ0n) is 14.3. The molecule has 3 rings (SSSR count). The Labute approximate surface area is 163 Å². The SMILES string of the molecule is OCCCCNCc1cccc(-c2cnc(-c3ccc(Cl)c(Cl)c3)[nH]2)c1. The van der Waals surface area contributed by atoms with Gasteiger partial charge in [-0.25, -0.2) is 4.98 Å². The Balaban J connectivity index is 1.70. The Morgan fingerprint density at radius 3 is 2.69 bits per heavy atom. The van der Waals surface area contributed by atoms with Gasteiger partial charge in [-0.05, 0) is 54.8 Å². The number of rotatable bonds is 8. The Morgan fingerprint density at radius 1 is 1.00 bits per heavy atom. The smallest absolute Gasteiger partial charge is 0.137 e. The minimum Gasteiger partial charge on any atom is -0.396 e. The second kappa shape index (κ2) is 9.19. The van der Waals surface area contributed by atoms with Gasteiger partial charge in [0, 0.05) is 18.7 Å². The number of halogens is 2. The molecule has 0 amide bonds. The third-order valence-electron chi connectivity index (χ3n) is 4.10. The summed E-state index contributed by atoms with van der Waals surface area (Å²) in [4.78, 5) is 7.81. The largest absolute Gasteiger partial charge is 0.396 e. The monoisotopic (exact) mass is 389 g/mol. The first-order chi connectivity index (χ1) is 12.7. The van der Waals surface area contributed by atoms with E-state index < -0.39 is 0 Å². The summed E-state index contributed by atoms with van der Waals surface area (Å²) in [5.74, 6) is 0.756. The second-order valence-electron chi connectivity index (χ2n) is 6.08. The molecule has 0 spiro atoms. The van der Waals surface area contributed by atoms with E-state index in [1.54, 1.807) is 12.1 Å². The zero-order valence-corrected chi connectivity index (χ0v) is 15.8. The lowest BCUT2D eigenvalue weighted by Crippen LogP contribution is -2.14. The zero-order chi connectivity index (χ0) is 18.4. The van der Waals surface area contributed by atoms with E-state index in [4.69, 9.17) is 28.3 Å². The number of unbranched alkanes of at least 4 members (excludes halogenated alkanes) is 1. The van der Waals surface area contributed by atoms with Crippen LogP contribution in [0, 0.1) is 0 Å². The van der Waals surface area contributed by atoms with Gasteiger partial charge in [-0.2, -0.15) is 0 Å². The number of aromatic amines is 1. The highest BCUT2D eigenvalue weighted by molar-refractivity contribution is 6.42. The summed E-state index contributed by atoms with van der Waals surface area (Å²) >= 11 is 12.1. The van der Waals surface area contributed by atoms with Crippen molar-refractivity contribution in [1.82, 2.24) is 15.3 Å². The molecule has 0 bridgehead atoms. The van der Waals surface area contributed by atoms with Crippen molar-refractivity contribution in [1.29, 1.82) is 0 Å². The summed E-state index contributed by atoms with van der Waals surface area (Å²) in [6, 6.07) is 13.8. The van der Waals surface area contributed by atoms with Gasteiger partial charge < -0.3 is 15.4 Å². The first-order valence-corrected chi connectivity index (χ1v) is 9.34. The minimum atomic E-state index is 0.248. The van der Waals surface area contributed by atoms with Gasteiger partial charge in [0.1, 0.15) is 5.82 Å². The molecule has 0 saturated carbocycles. The first kappa shape index (κ1) is 18.9. The topological polar surface area (TPSA) is 60.9 Å². The molecule has 0 unspecified atom stereocenters. The van der Waals surface area contributed by atoms with Gasteiger partial charge in [0.2, 0.25) is 0 Å². The summed E-state index contributed by atoms with van der Waals surface area (Å²) in [5.41, 5.74) is 4.14. The summed E-state index contributed by atoms with van der Waals surface area (Å²) in [7, 11) is 0. The second-order valence-corrected chi connectivity index (χ2v) is 6.90. The van der Waals surface area contributed by atoms with Gasteiger partial charge in [0.15, 0.2) is 0 Å². The van der Waals surface area contributed by atoms with Crippen LogP contribution in [0.1, 0.15) is 18.4 Å². The van der Waals surface area contributed by atoms with Crippen molar-refractivity contribution in [2.75, 3.05) is 13.2 Å². The number of benzene rings is 2. The molecule has 0 aliphatic carbocycles. The molecule has 2 aromatic carbocycles. The maximum Gasteiger partial charge on any atom is 0.137 e. The predicted molar refractivity (Wildman–Crippen MR) is 108 cm³/mol.